The van der Waals surface area contributed by atoms with E-state index in [-0.39, 0.29) is 6.61 Å². The number of nitrogens with one attached hydrogen (secondary N) is 1. The highest BCUT2D eigenvalue weighted by molar-refractivity contribution is 7.98. The first-order valence-electron chi connectivity index (χ1n) is 6.35. The van der Waals surface area contributed by atoms with E-state index in [4.69, 9.17) is 9.84 Å². The fraction of sp³-hybridized carbons (Fsp3) is 0.357. The number of aliphatic hydroxyl groups is 1. The number of methoxy groups -OCH3 is 1. The summed E-state index contributed by atoms with van der Waals surface area (Å²) in [5.41, 5.74) is 2.08. The molecule has 0 saturated heterocycles. The second kappa shape index (κ2) is 7.21. The van der Waals surface area contributed by atoms with Gasteiger partial charge in [0.1, 0.15) is 5.75 Å². The average Bonchev–Trinajstić information content (AvgIpc) is 2.93. The summed E-state index contributed by atoms with van der Waals surface area (Å²) >= 11 is 1.67. The summed E-state index contributed by atoms with van der Waals surface area (Å²) in [6.45, 7) is 1.31. The predicted molar refractivity (Wildman–Crippen MR) is 81.4 cm³/mol. The van der Waals surface area contributed by atoms with Crippen LogP contribution in [0.5, 0.6) is 5.75 Å². The molecule has 1 heterocycles. The topological polar surface area (TPSA) is 59.3 Å². The summed E-state index contributed by atoms with van der Waals surface area (Å²) in [6, 6.07) is 6.19. The summed E-state index contributed by atoms with van der Waals surface area (Å²) in [6.07, 6.45) is 5.66. The van der Waals surface area contributed by atoms with E-state index in [0.29, 0.717) is 13.1 Å². The fourth-order valence-corrected chi connectivity index (χ4v) is 2.42. The van der Waals surface area contributed by atoms with Gasteiger partial charge in [-0.1, -0.05) is 6.07 Å². The third-order valence-corrected chi connectivity index (χ3v) is 3.68. The van der Waals surface area contributed by atoms with Crippen molar-refractivity contribution >= 4 is 17.4 Å². The van der Waals surface area contributed by atoms with Gasteiger partial charge in [0, 0.05) is 17.6 Å². The second-order valence-electron chi connectivity index (χ2n) is 4.26. The van der Waals surface area contributed by atoms with Crippen LogP contribution in [0.25, 0.3) is 0 Å². The summed E-state index contributed by atoms with van der Waals surface area (Å²) in [5.74, 6) is 0.896. The van der Waals surface area contributed by atoms with E-state index in [0.717, 1.165) is 21.9 Å². The Labute approximate surface area is 123 Å². The van der Waals surface area contributed by atoms with Crippen LogP contribution >= 0.6 is 11.8 Å². The zero-order chi connectivity index (χ0) is 14.4. The molecule has 0 unspecified atom stereocenters. The van der Waals surface area contributed by atoms with Crippen molar-refractivity contribution in [1.82, 2.24) is 9.78 Å². The van der Waals surface area contributed by atoms with Gasteiger partial charge in [-0.2, -0.15) is 5.10 Å². The van der Waals surface area contributed by atoms with Crippen molar-refractivity contribution in [2.24, 2.45) is 0 Å². The molecule has 0 atom stereocenters. The molecule has 108 valence electrons. The molecule has 0 fully saturated rings. The Bertz CT molecular complexity index is 557. The monoisotopic (exact) mass is 293 g/mol. The molecule has 6 heteroatoms. The van der Waals surface area contributed by atoms with Crippen molar-refractivity contribution < 1.29 is 9.84 Å². The van der Waals surface area contributed by atoms with Crippen LogP contribution in [0.4, 0.5) is 5.69 Å². The minimum absolute atomic E-state index is 0.0917. The number of hydrogen-bond donors (Lipinski definition) is 2. The molecule has 2 aromatic rings. The number of anilines is 1. The molecule has 0 saturated carbocycles. The van der Waals surface area contributed by atoms with E-state index < -0.39 is 0 Å². The fourth-order valence-electron chi connectivity index (χ4n) is 1.87. The normalized spacial score (nSPS) is 10.6. The summed E-state index contributed by atoms with van der Waals surface area (Å²) < 4.78 is 7.08. The Morgan fingerprint density at radius 3 is 3.00 bits per heavy atom. The van der Waals surface area contributed by atoms with Gasteiger partial charge in [-0.25, -0.2) is 0 Å². The molecule has 20 heavy (non-hydrogen) atoms. The van der Waals surface area contributed by atoms with Gasteiger partial charge in [0.2, 0.25) is 0 Å². The number of nitrogens with zero attached hydrogens (tertiary/aromatic N) is 2. The third-order valence-electron chi connectivity index (χ3n) is 2.91. The van der Waals surface area contributed by atoms with E-state index >= 15 is 0 Å². The Kier molecular flexibility index (Phi) is 5.31. The van der Waals surface area contributed by atoms with Gasteiger partial charge in [-0.15, -0.1) is 11.8 Å². The highest BCUT2D eigenvalue weighted by Gasteiger charge is 2.04. The summed E-state index contributed by atoms with van der Waals surface area (Å²) in [4.78, 5) is 1.13. The number of thioether (sulfide) groups is 1. The first-order valence-corrected chi connectivity index (χ1v) is 7.57. The van der Waals surface area contributed by atoms with Gasteiger partial charge >= 0.3 is 0 Å². The lowest BCUT2D eigenvalue weighted by atomic mass is 10.2. The maximum absolute atomic E-state index is 8.85. The van der Waals surface area contributed by atoms with Crippen LogP contribution in [0.2, 0.25) is 0 Å². The molecular formula is C14H19N3O2S. The van der Waals surface area contributed by atoms with Gasteiger partial charge in [0.15, 0.2) is 0 Å². The summed E-state index contributed by atoms with van der Waals surface area (Å²) in [7, 11) is 1.69. The van der Waals surface area contributed by atoms with Gasteiger partial charge in [0.05, 0.1) is 32.1 Å². The Balaban J connectivity index is 1.99. The molecular weight excluding hydrogens is 274 g/mol. The van der Waals surface area contributed by atoms with Crippen LogP contribution in [-0.2, 0) is 13.1 Å². The molecule has 2 rings (SSSR count). The number of rotatable bonds is 7. The Hall–Kier alpha value is -1.66. The van der Waals surface area contributed by atoms with Crippen LogP contribution in [0.15, 0.2) is 35.5 Å². The average molecular weight is 293 g/mol. The van der Waals surface area contributed by atoms with E-state index in [1.54, 1.807) is 29.8 Å². The maximum Gasteiger partial charge on any atom is 0.132 e. The van der Waals surface area contributed by atoms with Crippen LogP contribution in [0.1, 0.15) is 5.56 Å². The van der Waals surface area contributed by atoms with Crippen molar-refractivity contribution in [1.29, 1.82) is 0 Å². The smallest absolute Gasteiger partial charge is 0.132 e. The lowest BCUT2D eigenvalue weighted by Gasteiger charge is -2.09. The first kappa shape index (κ1) is 14.7. The number of ether oxygens (including phenoxy) is 1. The minimum atomic E-state index is 0.0917. The molecule has 1 aromatic carbocycles. The van der Waals surface area contributed by atoms with Crippen LogP contribution in [0.3, 0.4) is 0 Å². The van der Waals surface area contributed by atoms with Crippen molar-refractivity contribution in [2.45, 2.75) is 18.0 Å². The van der Waals surface area contributed by atoms with Crippen molar-refractivity contribution in [2.75, 3.05) is 25.3 Å². The van der Waals surface area contributed by atoms with Crippen molar-refractivity contribution in [3.8, 4) is 5.75 Å². The molecule has 0 spiro atoms. The molecule has 0 radical (unpaired) electrons. The van der Waals surface area contributed by atoms with Crippen molar-refractivity contribution in [3.63, 3.8) is 0 Å². The van der Waals surface area contributed by atoms with E-state index in [1.807, 2.05) is 18.5 Å². The number of benzene rings is 1. The predicted octanol–water partition coefficient (Wildman–Crippen LogP) is 2.22. The van der Waals surface area contributed by atoms with Gasteiger partial charge in [0.25, 0.3) is 0 Å². The quantitative estimate of drug-likeness (QED) is 0.767. The highest BCUT2D eigenvalue weighted by atomic mass is 32.2. The molecule has 0 aliphatic rings. The van der Waals surface area contributed by atoms with Crippen LogP contribution < -0.4 is 10.1 Å². The molecule has 2 N–H and O–H groups in total. The molecule has 1 aromatic heterocycles. The van der Waals surface area contributed by atoms with Crippen molar-refractivity contribution in [3.05, 3.63) is 36.2 Å². The van der Waals surface area contributed by atoms with E-state index in [9.17, 15) is 0 Å². The van der Waals surface area contributed by atoms with Gasteiger partial charge in [-0.05, 0) is 24.0 Å². The third kappa shape index (κ3) is 3.68. The van der Waals surface area contributed by atoms with E-state index in [2.05, 4.69) is 22.5 Å². The lowest BCUT2D eigenvalue weighted by Crippen LogP contribution is -2.02. The molecule has 0 aliphatic heterocycles. The maximum atomic E-state index is 8.85. The summed E-state index contributed by atoms with van der Waals surface area (Å²) in [5, 5.41) is 16.3. The first-order chi connectivity index (χ1) is 9.76. The number of aromatic nitrogens is 2. The Morgan fingerprint density at radius 2 is 2.30 bits per heavy atom. The van der Waals surface area contributed by atoms with Gasteiger partial charge < -0.3 is 15.2 Å². The van der Waals surface area contributed by atoms with Crippen LogP contribution in [-0.4, -0.2) is 34.9 Å². The second-order valence-corrected chi connectivity index (χ2v) is 5.11. The molecule has 0 amide bonds. The number of hydrogen-bond acceptors (Lipinski definition) is 5. The SMILES string of the molecule is COc1cc(CNc2cnn(CCO)c2)ccc1SC. The Morgan fingerprint density at radius 1 is 1.45 bits per heavy atom. The number of aliphatic hydroxyl groups excluding tert-OH is 1. The molecule has 0 bridgehead atoms. The largest absolute Gasteiger partial charge is 0.496 e. The minimum Gasteiger partial charge on any atom is -0.496 e. The highest BCUT2D eigenvalue weighted by Crippen LogP contribution is 2.28. The van der Waals surface area contributed by atoms with Crippen LogP contribution in [0, 0.1) is 0 Å². The van der Waals surface area contributed by atoms with Gasteiger partial charge in [-0.3, -0.25) is 4.68 Å². The zero-order valence-electron chi connectivity index (χ0n) is 11.7. The molecule has 0 aliphatic carbocycles. The van der Waals surface area contributed by atoms with E-state index in [1.165, 1.54) is 0 Å². The zero-order valence-corrected chi connectivity index (χ0v) is 12.5. The standard InChI is InChI=1S/C14H19N3O2S/c1-19-13-7-11(3-4-14(13)20-2)8-15-12-9-16-17(10-12)5-6-18/h3-4,7,9-10,15,18H,5-6,8H2,1-2H3. The molecule has 5 nitrogen and oxygen atoms in total. The lowest BCUT2D eigenvalue weighted by molar-refractivity contribution is 0.269.